The van der Waals surface area contributed by atoms with E-state index in [-0.39, 0.29) is 17.9 Å². The summed E-state index contributed by atoms with van der Waals surface area (Å²) >= 11 is 0. The number of likely N-dealkylation sites (N-methyl/N-ethyl adjacent to an activating group) is 1. The SMILES string of the molecule is CO[C@@H]1[C@H](N(C)C(=O)c2ccc(C(F)(F)F)cc2)C[C@H]2O[C@]1(C)n1c3ccccc3c3c4c(c5c6ccccc6n2c5c31)C(=O)N[C@H]4O. The quantitative estimate of drug-likeness (QED) is 0.230. The lowest BCUT2D eigenvalue weighted by atomic mass is 9.91. The molecule has 3 aliphatic heterocycles. The van der Waals surface area contributed by atoms with Crippen molar-refractivity contribution in [3.8, 4) is 0 Å². The summed E-state index contributed by atoms with van der Waals surface area (Å²) in [5, 5.41) is 17.1. The van der Waals surface area contributed by atoms with Crippen LogP contribution in [-0.4, -0.2) is 57.3 Å². The number of fused-ring (bicyclic) bond motifs is 13. The molecule has 3 aliphatic rings. The number of rotatable bonds is 3. The maximum Gasteiger partial charge on any atom is 0.416 e. The average molecular weight is 655 g/mol. The van der Waals surface area contributed by atoms with Crippen LogP contribution >= 0.6 is 0 Å². The molecule has 2 aromatic heterocycles. The molecule has 0 saturated carbocycles. The zero-order chi connectivity index (χ0) is 33.4. The molecule has 4 aromatic carbocycles. The van der Waals surface area contributed by atoms with E-state index >= 15 is 0 Å². The van der Waals surface area contributed by atoms with Crippen molar-refractivity contribution in [1.29, 1.82) is 0 Å². The number of benzene rings is 4. The number of hydrogen-bond acceptors (Lipinski definition) is 5. The number of carbonyl (C=O) groups is 2. The summed E-state index contributed by atoms with van der Waals surface area (Å²) in [4.78, 5) is 29.1. The van der Waals surface area contributed by atoms with Crippen LogP contribution < -0.4 is 5.32 Å². The number of amides is 2. The maximum atomic E-state index is 14.0. The van der Waals surface area contributed by atoms with Crippen molar-refractivity contribution in [2.45, 2.75) is 49.8 Å². The van der Waals surface area contributed by atoms with Gasteiger partial charge in [0.1, 0.15) is 12.3 Å². The molecule has 5 heterocycles. The van der Waals surface area contributed by atoms with E-state index in [4.69, 9.17) is 9.47 Å². The second kappa shape index (κ2) is 9.59. The lowest BCUT2D eigenvalue weighted by molar-refractivity contribution is -0.264. The van der Waals surface area contributed by atoms with E-state index in [1.54, 1.807) is 14.2 Å². The van der Waals surface area contributed by atoms with Crippen molar-refractivity contribution < 1.29 is 37.3 Å². The third-order valence-electron chi connectivity index (χ3n) is 10.5. The van der Waals surface area contributed by atoms with E-state index in [1.807, 2.05) is 55.5 Å². The molecule has 2 N–H and O–H groups in total. The van der Waals surface area contributed by atoms with Gasteiger partial charge in [0.05, 0.1) is 39.2 Å². The van der Waals surface area contributed by atoms with Crippen molar-refractivity contribution in [3.05, 3.63) is 95.1 Å². The van der Waals surface area contributed by atoms with Gasteiger partial charge >= 0.3 is 6.18 Å². The van der Waals surface area contributed by atoms with Crippen LogP contribution in [0.4, 0.5) is 13.2 Å². The van der Waals surface area contributed by atoms with E-state index in [0.29, 0.717) is 16.5 Å². The molecule has 6 aromatic rings. The van der Waals surface area contributed by atoms with Gasteiger partial charge in [-0.25, -0.2) is 0 Å². The summed E-state index contributed by atoms with van der Waals surface area (Å²) < 4.78 is 57.4. The Hall–Kier alpha value is -4.91. The first-order chi connectivity index (χ1) is 23.0. The lowest BCUT2D eigenvalue weighted by Crippen LogP contribution is -2.61. The van der Waals surface area contributed by atoms with E-state index in [9.17, 15) is 27.9 Å². The fourth-order valence-corrected chi connectivity index (χ4v) is 8.59. The van der Waals surface area contributed by atoms with Crippen molar-refractivity contribution in [2.75, 3.05) is 14.2 Å². The number of methoxy groups -OCH3 is 1. The number of para-hydroxylation sites is 2. The fraction of sp³-hybridized carbons (Fsp3) is 0.278. The van der Waals surface area contributed by atoms with E-state index in [2.05, 4.69) is 14.5 Å². The van der Waals surface area contributed by atoms with Crippen LogP contribution in [0.2, 0.25) is 0 Å². The topological polar surface area (TPSA) is 98.0 Å². The molecule has 48 heavy (non-hydrogen) atoms. The van der Waals surface area contributed by atoms with Crippen LogP contribution in [0.1, 0.15) is 57.6 Å². The number of carbonyl (C=O) groups excluding carboxylic acids is 2. The first kappa shape index (κ1) is 29.2. The Bertz CT molecular complexity index is 2380. The number of aromatic nitrogens is 2. The molecule has 9 nitrogen and oxygen atoms in total. The van der Waals surface area contributed by atoms with Crippen LogP contribution in [0, 0.1) is 0 Å². The number of nitrogens with one attached hydrogen (secondary N) is 1. The Labute approximate surface area is 271 Å². The average Bonchev–Trinajstić information content (AvgIpc) is 3.68. The molecule has 12 heteroatoms. The second-order valence-electron chi connectivity index (χ2n) is 12.9. The van der Waals surface area contributed by atoms with Crippen molar-refractivity contribution >= 4 is 55.4 Å². The van der Waals surface area contributed by atoms with Crippen molar-refractivity contribution in [3.63, 3.8) is 0 Å². The first-order valence-corrected chi connectivity index (χ1v) is 15.6. The third-order valence-corrected chi connectivity index (χ3v) is 10.5. The number of halogens is 3. The third kappa shape index (κ3) is 3.57. The van der Waals surface area contributed by atoms with Crippen LogP contribution in [0.15, 0.2) is 72.8 Å². The number of nitrogens with zero attached hydrogens (tertiary/aromatic N) is 3. The molecule has 1 saturated heterocycles. The minimum atomic E-state index is -4.53. The van der Waals surface area contributed by atoms with Gasteiger partial charge in [-0.2, -0.15) is 13.2 Å². The lowest BCUT2D eigenvalue weighted by Gasteiger charge is -2.50. The predicted molar refractivity (Wildman–Crippen MR) is 171 cm³/mol. The van der Waals surface area contributed by atoms with Crippen LogP contribution in [-0.2, 0) is 21.4 Å². The summed E-state index contributed by atoms with van der Waals surface area (Å²) in [6.45, 7) is 1.91. The van der Waals surface area contributed by atoms with Gasteiger partial charge < -0.3 is 33.9 Å². The highest BCUT2D eigenvalue weighted by atomic mass is 19.4. The molecule has 5 atom stereocenters. The maximum absolute atomic E-state index is 14.0. The van der Waals surface area contributed by atoms with Crippen molar-refractivity contribution in [1.82, 2.24) is 19.4 Å². The first-order valence-electron chi connectivity index (χ1n) is 15.6. The molecular weight excluding hydrogens is 625 g/mol. The van der Waals surface area contributed by atoms with Gasteiger partial charge in [-0.05, 0) is 43.3 Å². The number of aliphatic hydroxyl groups is 1. The van der Waals surface area contributed by atoms with E-state index in [0.717, 1.165) is 50.4 Å². The van der Waals surface area contributed by atoms with Gasteiger partial charge in [-0.15, -0.1) is 0 Å². The van der Waals surface area contributed by atoms with Gasteiger partial charge in [0.25, 0.3) is 11.8 Å². The fourth-order valence-electron chi connectivity index (χ4n) is 8.59. The Kier molecular flexibility index (Phi) is 5.84. The van der Waals surface area contributed by atoms with Gasteiger partial charge in [0.15, 0.2) is 12.0 Å². The summed E-state index contributed by atoms with van der Waals surface area (Å²) in [6, 6.07) is 19.0. The van der Waals surface area contributed by atoms with Crippen LogP contribution in [0.3, 0.4) is 0 Å². The van der Waals surface area contributed by atoms with Crippen LogP contribution in [0.25, 0.3) is 43.6 Å². The zero-order valence-electron chi connectivity index (χ0n) is 26.0. The van der Waals surface area contributed by atoms with Gasteiger partial charge in [-0.3, -0.25) is 9.59 Å². The highest BCUT2D eigenvalue weighted by molar-refractivity contribution is 6.31. The van der Waals surface area contributed by atoms with E-state index < -0.39 is 48.0 Å². The molecule has 0 spiro atoms. The summed E-state index contributed by atoms with van der Waals surface area (Å²) in [5.41, 5.74) is 2.09. The summed E-state index contributed by atoms with van der Waals surface area (Å²) in [5.74, 6) is -0.827. The smallest absolute Gasteiger partial charge is 0.374 e. The standard InChI is InChI=1S/C36H29F3N4O5/c1-35-31(47-3)23(41(2)34(46)17-12-14-18(15-13-17)36(37,38)39)16-24(48-35)42-21-10-6-4-8-19(21)25-27-28(33(45)40-32(27)44)26-20-9-5-7-11-22(20)43(35)30(26)29(25)42/h4-15,23-24,31,33,45H,16H2,1-3H3,(H,40,44)/t23-,24-,31-,33+,35+/m1/s1. The highest BCUT2D eigenvalue weighted by Gasteiger charge is 2.55. The molecule has 1 fully saturated rings. The Morgan fingerprint density at radius 1 is 1.00 bits per heavy atom. The molecule has 9 rings (SSSR count). The predicted octanol–water partition coefficient (Wildman–Crippen LogP) is 6.42. The van der Waals surface area contributed by atoms with Crippen LogP contribution in [0.5, 0.6) is 0 Å². The Morgan fingerprint density at radius 2 is 1.65 bits per heavy atom. The van der Waals surface area contributed by atoms with E-state index in [1.165, 1.54) is 17.0 Å². The highest BCUT2D eigenvalue weighted by Crippen LogP contribution is 2.55. The molecule has 2 bridgehead atoms. The minimum absolute atomic E-state index is 0.113. The Balaban J connectivity index is 1.34. The normalized spacial score (nSPS) is 24.9. The summed E-state index contributed by atoms with van der Waals surface area (Å²) in [7, 11) is 3.18. The van der Waals surface area contributed by atoms with Gasteiger partial charge in [0.2, 0.25) is 0 Å². The molecule has 244 valence electrons. The molecule has 0 aliphatic carbocycles. The monoisotopic (exact) mass is 654 g/mol. The molecule has 0 radical (unpaired) electrons. The number of aliphatic hydroxyl groups excluding tert-OH is 1. The number of ether oxygens (including phenoxy) is 2. The molecule has 2 amide bonds. The summed E-state index contributed by atoms with van der Waals surface area (Å²) in [6.07, 6.45) is -6.87. The number of hydrogen-bond donors (Lipinski definition) is 2. The zero-order valence-corrected chi connectivity index (χ0v) is 26.0. The molecule has 0 unspecified atom stereocenters. The number of alkyl halides is 3. The second-order valence-corrected chi connectivity index (χ2v) is 12.9. The van der Waals surface area contributed by atoms with Gasteiger partial charge in [-0.1, -0.05) is 36.4 Å². The Morgan fingerprint density at radius 3 is 2.31 bits per heavy atom. The minimum Gasteiger partial charge on any atom is -0.374 e. The van der Waals surface area contributed by atoms with Crippen molar-refractivity contribution in [2.24, 2.45) is 0 Å². The van der Waals surface area contributed by atoms with Gasteiger partial charge in [0, 0.05) is 53.3 Å². The largest absolute Gasteiger partial charge is 0.416 e. The molecular formula is C36H29F3N4O5.